The predicted molar refractivity (Wildman–Crippen MR) is 118 cm³/mol. The number of nitrogens with one attached hydrogen (secondary N) is 1. The summed E-state index contributed by atoms with van der Waals surface area (Å²) in [6.07, 6.45) is 4.27. The number of nitrogens with zero attached hydrogens (tertiary/aromatic N) is 4. The number of anilines is 1. The summed E-state index contributed by atoms with van der Waals surface area (Å²) in [6.45, 7) is 6.41. The summed E-state index contributed by atoms with van der Waals surface area (Å²) in [5, 5.41) is 3.45. The number of hydrogen-bond donors (Lipinski definition) is 1. The van der Waals surface area contributed by atoms with Crippen LogP contribution in [0.15, 0.2) is 36.7 Å². The molecule has 0 aliphatic carbocycles. The third-order valence-corrected chi connectivity index (χ3v) is 5.38. The van der Waals surface area contributed by atoms with Crippen molar-refractivity contribution in [2.45, 2.75) is 45.3 Å². The first-order chi connectivity index (χ1) is 15.1. The number of fused-ring (bicyclic) bond motifs is 1. The maximum absolute atomic E-state index is 13.2. The van der Waals surface area contributed by atoms with Crippen LogP contribution in [0.4, 0.5) is 15.0 Å². The molecule has 1 aliphatic rings. The van der Waals surface area contributed by atoms with Gasteiger partial charge < -0.3 is 10.1 Å². The van der Waals surface area contributed by atoms with E-state index < -0.39 is 23.5 Å². The van der Waals surface area contributed by atoms with Crippen molar-refractivity contribution in [3.63, 3.8) is 0 Å². The second-order valence-electron chi connectivity index (χ2n) is 8.98. The Morgan fingerprint density at radius 3 is 2.59 bits per heavy atom. The average Bonchev–Trinajstić information content (AvgIpc) is 3.29. The largest absolute Gasteiger partial charge is 0.443 e. The highest BCUT2D eigenvalue weighted by molar-refractivity contribution is 6.04. The van der Waals surface area contributed by atoms with E-state index in [2.05, 4.69) is 20.2 Å². The van der Waals surface area contributed by atoms with Crippen LogP contribution >= 0.6 is 0 Å². The minimum absolute atomic E-state index is 0.0817. The van der Waals surface area contributed by atoms with E-state index in [9.17, 15) is 14.0 Å². The Bertz CT molecular complexity index is 1170. The Labute approximate surface area is 185 Å². The van der Waals surface area contributed by atoms with Crippen molar-refractivity contribution in [1.29, 1.82) is 0 Å². The molecule has 0 unspecified atom stereocenters. The summed E-state index contributed by atoms with van der Waals surface area (Å²) in [4.78, 5) is 35.7. The summed E-state index contributed by atoms with van der Waals surface area (Å²) in [5.41, 5.74) is 0.968. The number of pyridine rings is 2. The zero-order chi connectivity index (χ0) is 23.0. The molecule has 0 aromatic carbocycles. The lowest BCUT2D eigenvalue weighted by Crippen LogP contribution is -2.30. The molecule has 1 amide bonds. The quantitative estimate of drug-likeness (QED) is 0.610. The first-order valence-electron chi connectivity index (χ1n) is 10.5. The van der Waals surface area contributed by atoms with Crippen molar-refractivity contribution >= 4 is 28.7 Å². The molecule has 32 heavy (non-hydrogen) atoms. The van der Waals surface area contributed by atoms with Crippen LogP contribution in [-0.4, -0.2) is 50.6 Å². The molecule has 1 aliphatic heterocycles. The number of rotatable bonds is 3. The molecule has 0 spiro atoms. The smallest absolute Gasteiger partial charge is 0.419 e. The highest BCUT2D eigenvalue weighted by Crippen LogP contribution is 2.35. The fraction of sp³-hybridized carbons (Fsp3) is 0.391. The van der Waals surface area contributed by atoms with Gasteiger partial charge in [-0.25, -0.2) is 19.3 Å². The summed E-state index contributed by atoms with van der Waals surface area (Å²) < 4.78 is 20.3. The third-order valence-electron chi connectivity index (χ3n) is 5.38. The highest BCUT2D eigenvalue weighted by Gasteiger charge is 2.30. The summed E-state index contributed by atoms with van der Waals surface area (Å²) in [7, 11) is 2.04. The lowest BCUT2D eigenvalue weighted by molar-refractivity contribution is 0.0534. The van der Waals surface area contributed by atoms with Gasteiger partial charge in [-0.1, -0.05) is 0 Å². The van der Waals surface area contributed by atoms with Crippen LogP contribution in [0.1, 0.15) is 55.7 Å². The average molecular weight is 439 g/mol. The van der Waals surface area contributed by atoms with Crippen molar-refractivity contribution in [2.24, 2.45) is 0 Å². The number of ether oxygens (including phenoxy) is 1. The summed E-state index contributed by atoms with van der Waals surface area (Å²) in [6, 6.07) is 6.14. The van der Waals surface area contributed by atoms with Crippen LogP contribution in [-0.2, 0) is 4.74 Å². The highest BCUT2D eigenvalue weighted by atomic mass is 19.1. The zero-order valence-electron chi connectivity index (χ0n) is 18.6. The van der Waals surface area contributed by atoms with Crippen LogP contribution in [0, 0.1) is 5.95 Å². The van der Waals surface area contributed by atoms with E-state index in [1.807, 2.05) is 33.9 Å². The van der Waals surface area contributed by atoms with Crippen LogP contribution in [0.3, 0.4) is 0 Å². The molecule has 3 aromatic heterocycles. The molecule has 1 fully saturated rings. The Kier molecular flexibility index (Phi) is 5.68. The van der Waals surface area contributed by atoms with E-state index in [-0.39, 0.29) is 17.4 Å². The Hall–Kier alpha value is -3.33. The maximum atomic E-state index is 13.2. The second-order valence-corrected chi connectivity index (χ2v) is 8.98. The standard InChI is InChI=1S/C23H26FN5O3/c1-23(2,3)32-22(31)29-17-11-20(27-21(30)14-7-8-19(24)25-12-14)26-13-15(17)10-18(29)16-6-5-9-28(16)4/h7-8,10-13,16H,5-6,9H2,1-4H3,(H,26,27,30)/t16-/m1/s1. The Morgan fingerprint density at radius 2 is 1.97 bits per heavy atom. The fourth-order valence-electron chi connectivity index (χ4n) is 3.93. The SMILES string of the molecule is CN1CCC[C@@H]1c1cc2cnc(NC(=O)c3ccc(F)nc3)cc2n1C(=O)OC(C)(C)C. The molecule has 9 heteroatoms. The fourth-order valence-corrected chi connectivity index (χ4v) is 3.93. The van der Waals surface area contributed by atoms with E-state index in [0.717, 1.165) is 42.7 Å². The molecule has 4 rings (SSSR count). The number of aromatic nitrogens is 3. The van der Waals surface area contributed by atoms with Crippen LogP contribution in [0.5, 0.6) is 0 Å². The number of carbonyl (C=O) groups is 2. The zero-order valence-corrected chi connectivity index (χ0v) is 18.6. The second kappa shape index (κ2) is 8.31. The first-order valence-corrected chi connectivity index (χ1v) is 10.5. The Morgan fingerprint density at radius 1 is 1.19 bits per heavy atom. The van der Waals surface area contributed by atoms with Gasteiger partial charge in [0.2, 0.25) is 5.95 Å². The van der Waals surface area contributed by atoms with E-state index in [4.69, 9.17) is 4.74 Å². The van der Waals surface area contributed by atoms with Crippen LogP contribution < -0.4 is 5.32 Å². The van der Waals surface area contributed by atoms with Crippen molar-refractivity contribution in [3.8, 4) is 0 Å². The molecule has 3 aromatic rings. The molecule has 0 bridgehead atoms. The normalized spacial score (nSPS) is 17.0. The van der Waals surface area contributed by atoms with Gasteiger partial charge in [0.1, 0.15) is 11.4 Å². The van der Waals surface area contributed by atoms with Gasteiger partial charge in [-0.05, 0) is 65.4 Å². The van der Waals surface area contributed by atoms with E-state index in [1.54, 1.807) is 16.8 Å². The van der Waals surface area contributed by atoms with Gasteiger partial charge >= 0.3 is 6.09 Å². The van der Waals surface area contributed by atoms with Crippen molar-refractivity contribution in [2.75, 3.05) is 18.9 Å². The maximum Gasteiger partial charge on any atom is 0.419 e. The van der Waals surface area contributed by atoms with E-state index in [1.165, 1.54) is 6.07 Å². The third kappa shape index (κ3) is 4.47. The van der Waals surface area contributed by atoms with Crippen molar-refractivity contribution in [3.05, 3.63) is 53.9 Å². The van der Waals surface area contributed by atoms with Gasteiger partial charge in [-0.3, -0.25) is 9.69 Å². The molecule has 1 N–H and O–H groups in total. The number of amides is 1. The number of likely N-dealkylation sites (tertiary alicyclic amines) is 1. The number of carbonyl (C=O) groups excluding carboxylic acids is 2. The molecule has 0 radical (unpaired) electrons. The number of hydrogen-bond acceptors (Lipinski definition) is 6. The molecule has 4 heterocycles. The van der Waals surface area contributed by atoms with Gasteiger partial charge in [0, 0.05) is 29.5 Å². The lowest BCUT2D eigenvalue weighted by Gasteiger charge is -2.24. The molecular formula is C23H26FN5O3. The van der Waals surface area contributed by atoms with Gasteiger partial charge in [0.05, 0.1) is 17.1 Å². The van der Waals surface area contributed by atoms with Crippen LogP contribution in [0.2, 0.25) is 0 Å². The van der Waals surface area contributed by atoms with Crippen molar-refractivity contribution < 1.29 is 18.7 Å². The van der Waals surface area contributed by atoms with Gasteiger partial charge in [-0.2, -0.15) is 4.39 Å². The summed E-state index contributed by atoms with van der Waals surface area (Å²) >= 11 is 0. The lowest BCUT2D eigenvalue weighted by atomic mass is 10.1. The molecule has 1 atom stereocenters. The minimum atomic E-state index is -0.666. The van der Waals surface area contributed by atoms with Gasteiger partial charge in [-0.15, -0.1) is 0 Å². The minimum Gasteiger partial charge on any atom is -0.443 e. The molecule has 168 valence electrons. The van der Waals surface area contributed by atoms with Crippen LogP contribution in [0.25, 0.3) is 10.9 Å². The molecule has 0 saturated carbocycles. The monoisotopic (exact) mass is 439 g/mol. The molecule has 1 saturated heterocycles. The Balaban J connectivity index is 1.73. The molecule has 8 nitrogen and oxygen atoms in total. The van der Waals surface area contributed by atoms with E-state index >= 15 is 0 Å². The number of halogens is 1. The van der Waals surface area contributed by atoms with E-state index in [0.29, 0.717) is 5.52 Å². The van der Waals surface area contributed by atoms with Gasteiger partial charge in [0.15, 0.2) is 0 Å². The van der Waals surface area contributed by atoms with Crippen molar-refractivity contribution in [1.82, 2.24) is 19.4 Å². The topological polar surface area (TPSA) is 89.4 Å². The first kappa shape index (κ1) is 21.9. The predicted octanol–water partition coefficient (Wildman–Crippen LogP) is 4.37. The van der Waals surface area contributed by atoms with Gasteiger partial charge in [0.25, 0.3) is 5.91 Å². The summed E-state index contributed by atoms with van der Waals surface area (Å²) in [5.74, 6) is -0.878. The molecular weight excluding hydrogens is 413 g/mol.